The number of hydrogen-bond donors (Lipinski definition) is 2. The molecule has 2 amide bonds. The summed E-state index contributed by atoms with van der Waals surface area (Å²) in [5, 5.41) is 5.45. The van der Waals surface area contributed by atoms with Crippen molar-refractivity contribution in [2.75, 3.05) is 0 Å². The molecule has 0 bridgehead atoms. The number of nitrogens with one attached hydrogen (secondary N) is 2. The first-order chi connectivity index (χ1) is 14.6. The Morgan fingerprint density at radius 2 is 1.70 bits per heavy atom. The highest BCUT2D eigenvalue weighted by Gasteiger charge is 2.18. The lowest BCUT2D eigenvalue weighted by atomic mass is 10.1. The maximum Gasteiger partial charge on any atom is 0.270 e. The van der Waals surface area contributed by atoms with E-state index in [-0.39, 0.29) is 0 Å². The summed E-state index contributed by atoms with van der Waals surface area (Å²) in [6, 6.07) is 17.6. The van der Waals surface area contributed by atoms with Gasteiger partial charge < -0.3 is 0 Å². The molecular weight excluding hydrogens is 402 g/mol. The monoisotopic (exact) mass is 419 g/mol. The Morgan fingerprint density at radius 1 is 1.00 bits per heavy atom. The Bertz CT molecular complexity index is 1220. The molecule has 150 valence electrons. The van der Waals surface area contributed by atoms with Gasteiger partial charge in [-0.3, -0.25) is 20.4 Å². The molecular formula is C22H18ClN5O2. The van der Waals surface area contributed by atoms with E-state index in [2.05, 4.69) is 16.0 Å². The minimum Gasteiger partial charge on any atom is -0.267 e. The first kappa shape index (κ1) is 19.6. The highest BCUT2D eigenvalue weighted by atomic mass is 35.5. The van der Waals surface area contributed by atoms with Gasteiger partial charge in [0.05, 0.1) is 22.8 Å². The number of carbonyl (C=O) groups is 2. The molecule has 0 spiro atoms. The van der Waals surface area contributed by atoms with Crippen molar-refractivity contribution in [2.24, 2.45) is 0 Å². The normalized spacial score (nSPS) is 10.7. The van der Waals surface area contributed by atoms with Gasteiger partial charge in [-0.2, -0.15) is 5.10 Å². The number of pyridine rings is 1. The summed E-state index contributed by atoms with van der Waals surface area (Å²) in [5.74, 6) is -0.907. The Morgan fingerprint density at radius 3 is 2.40 bits per heavy atom. The molecule has 2 aromatic heterocycles. The fraction of sp³-hybridized carbons (Fsp3) is 0.0909. The summed E-state index contributed by atoms with van der Waals surface area (Å²) >= 11 is 5.84. The second-order valence-corrected chi connectivity index (χ2v) is 6.97. The minimum atomic E-state index is -0.461. The van der Waals surface area contributed by atoms with E-state index in [0.717, 1.165) is 5.56 Å². The second kappa shape index (κ2) is 8.34. The third kappa shape index (κ3) is 3.88. The fourth-order valence-corrected chi connectivity index (χ4v) is 3.20. The van der Waals surface area contributed by atoms with Gasteiger partial charge in [0, 0.05) is 22.7 Å². The molecule has 4 aromatic rings. The van der Waals surface area contributed by atoms with E-state index in [4.69, 9.17) is 16.6 Å². The molecule has 7 nitrogen and oxygen atoms in total. The van der Waals surface area contributed by atoms with Crippen LogP contribution in [0.15, 0.2) is 66.9 Å². The van der Waals surface area contributed by atoms with Gasteiger partial charge in [0.1, 0.15) is 0 Å². The lowest BCUT2D eigenvalue weighted by Crippen LogP contribution is -2.41. The first-order valence-electron chi connectivity index (χ1n) is 9.35. The van der Waals surface area contributed by atoms with E-state index < -0.39 is 11.8 Å². The number of halogens is 1. The van der Waals surface area contributed by atoms with Crippen molar-refractivity contribution in [1.29, 1.82) is 0 Å². The van der Waals surface area contributed by atoms with E-state index in [1.807, 2.05) is 37.3 Å². The molecule has 0 unspecified atom stereocenters. The van der Waals surface area contributed by atoms with Crippen LogP contribution in [0.2, 0.25) is 5.02 Å². The van der Waals surface area contributed by atoms with E-state index >= 15 is 0 Å². The number of benzene rings is 2. The van der Waals surface area contributed by atoms with Gasteiger partial charge in [0.15, 0.2) is 5.65 Å². The van der Waals surface area contributed by atoms with Gasteiger partial charge in [-0.05, 0) is 37.3 Å². The van der Waals surface area contributed by atoms with Crippen molar-refractivity contribution in [1.82, 2.24) is 25.6 Å². The van der Waals surface area contributed by atoms with Crippen LogP contribution in [0.3, 0.4) is 0 Å². The summed E-state index contributed by atoms with van der Waals surface area (Å²) in [6.45, 7) is 2.57. The zero-order valence-electron chi connectivity index (χ0n) is 16.1. The molecule has 30 heavy (non-hydrogen) atoms. The molecule has 0 saturated carbocycles. The topological polar surface area (TPSA) is 88.9 Å². The number of nitrogens with zero attached hydrogens (tertiary/aromatic N) is 3. The van der Waals surface area contributed by atoms with Gasteiger partial charge in [0.2, 0.25) is 0 Å². The smallest absolute Gasteiger partial charge is 0.267 e. The number of aryl methyl sites for hydroxylation is 1. The average Bonchev–Trinajstić information content (AvgIpc) is 3.20. The largest absolute Gasteiger partial charge is 0.270 e. The molecule has 0 atom stereocenters. The Balaban J connectivity index is 1.65. The summed E-state index contributed by atoms with van der Waals surface area (Å²) in [4.78, 5) is 29.9. The molecule has 0 aliphatic rings. The van der Waals surface area contributed by atoms with Crippen LogP contribution < -0.4 is 10.9 Å². The van der Waals surface area contributed by atoms with Crippen LogP contribution in [-0.2, 0) is 6.54 Å². The van der Waals surface area contributed by atoms with E-state index in [1.54, 1.807) is 41.2 Å². The first-order valence-corrected chi connectivity index (χ1v) is 9.73. The molecule has 0 aliphatic carbocycles. The van der Waals surface area contributed by atoms with Gasteiger partial charge in [-0.15, -0.1) is 0 Å². The zero-order chi connectivity index (χ0) is 21.1. The molecule has 0 saturated heterocycles. The Hall–Kier alpha value is -3.71. The standard InChI is InChI=1S/C22H18ClN5O2/c1-2-28-20-18(13-24-28)17(12-19(25-20)14-6-4-3-5-7-14)22(30)27-26-21(29)15-8-10-16(23)11-9-15/h3-13H,2H2,1H3,(H,26,29)(H,27,30). The third-order valence-electron chi connectivity index (χ3n) is 4.62. The number of fused-ring (bicyclic) bond motifs is 1. The van der Waals surface area contributed by atoms with Gasteiger partial charge in [0.25, 0.3) is 11.8 Å². The molecule has 0 fully saturated rings. The van der Waals surface area contributed by atoms with Crippen LogP contribution in [-0.4, -0.2) is 26.6 Å². The number of aromatic nitrogens is 3. The SMILES string of the molecule is CCn1ncc2c(C(=O)NNC(=O)c3ccc(Cl)cc3)cc(-c3ccccc3)nc21. The lowest BCUT2D eigenvalue weighted by molar-refractivity contribution is 0.0847. The molecule has 0 radical (unpaired) electrons. The summed E-state index contributed by atoms with van der Waals surface area (Å²) in [7, 11) is 0. The van der Waals surface area contributed by atoms with E-state index in [0.29, 0.717) is 39.4 Å². The zero-order valence-corrected chi connectivity index (χ0v) is 16.8. The van der Waals surface area contributed by atoms with Gasteiger partial charge in [-0.25, -0.2) is 9.67 Å². The summed E-state index contributed by atoms with van der Waals surface area (Å²) in [6.07, 6.45) is 1.61. The fourth-order valence-electron chi connectivity index (χ4n) is 3.08. The molecule has 0 aliphatic heterocycles. The number of rotatable bonds is 4. The maximum absolute atomic E-state index is 12.9. The van der Waals surface area contributed by atoms with Crippen molar-refractivity contribution >= 4 is 34.4 Å². The van der Waals surface area contributed by atoms with Crippen LogP contribution in [0.1, 0.15) is 27.6 Å². The minimum absolute atomic E-state index is 0.370. The molecule has 8 heteroatoms. The number of amides is 2. The Labute approximate surface area is 177 Å². The van der Waals surface area contributed by atoms with Crippen molar-refractivity contribution in [3.8, 4) is 11.3 Å². The average molecular weight is 420 g/mol. The molecule has 2 aromatic carbocycles. The molecule has 2 heterocycles. The van der Waals surface area contributed by atoms with Crippen LogP contribution in [0.4, 0.5) is 0 Å². The van der Waals surface area contributed by atoms with Crippen molar-refractivity contribution in [3.05, 3.63) is 83.0 Å². The second-order valence-electron chi connectivity index (χ2n) is 6.53. The van der Waals surface area contributed by atoms with Crippen LogP contribution >= 0.6 is 11.6 Å². The predicted octanol–water partition coefficient (Wildman–Crippen LogP) is 3.85. The van der Waals surface area contributed by atoms with Crippen LogP contribution in [0.25, 0.3) is 22.3 Å². The molecule has 2 N–H and O–H groups in total. The number of hydrazine groups is 1. The summed E-state index contributed by atoms with van der Waals surface area (Å²) < 4.78 is 1.73. The Kier molecular flexibility index (Phi) is 5.45. The quantitative estimate of drug-likeness (QED) is 0.492. The van der Waals surface area contributed by atoms with Crippen LogP contribution in [0, 0.1) is 0 Å². The third-order valence-corrected chi connectivity index (χ3v) is 4.87. The van der Waals surface area contributed by atoms with Crippen molar-refractivity contribution in [2.45, 2.75) is 13.5 Å². The highest BCUT2D eigenvalue weighted by molar-refractivity contribution is 6.30. The molecule has 4 rings (SSSR count). The lowest BCUT2D eigenvalue weighted by Gasteiger charge is -2.10. The van der Waals surface area contributed by atoms with E-state index in [9.17, 15) is 9.59 Å². The number of carbonyl (C=O) groups excluding carboxylic acids is 2. The predicted molar refractivity (Wildman–Crippen MR) is 115 cm³/mol. The highest BCUT2D eigenvalue weighted by Crippen LogP contribution is 2.24. The summed E-state index contributed by atoms with van der Waals surface area (Å²) in [5.41, 5.74) is 7.78. The van der Waals surface area contributed by atoms with Crippen molar-refractivity contribution < 1.29 is 9.59 Å². The van der Waals surface area contributed by atoms with Gasteiger partial charge in [-0.1, -0.05) is 41.9 Å². The number of hydrogen-bond acceptors (Lipinski definition) is 4. The van der Waals surface area contributed by atoms with E-state index in [1.165, 1.54) is 0 Å². The van der Waals surface area contributed by atoms with Crippen LogP contribution in [0.5, 0.6) is 0 Å². The van der Waals surface area contributed by atoms with Crippen molar-refractivity contribution in [3.63, 3.8) is 0 Å². The van der Waals surface area contributed by atoms with Gasteiger partial charge >= 0.3 is 0 Å². The maximum atomic E-state index is 12.9.